The highest BCUT2D eigenvalue weighted by atomic mass is 14.8. The Morgan fingerprint density at radius 2 is 1.69 bits per heavy atom. The topological polar surface area (TPSA) is 12.0 Å². The second-order valence-corrected chi connectivity index (χ2v) is 4.67. The third-order valence-electron chi connectivity index (χ3n) is 3.13. The van der Waals surface area contributed by atoms with Gasteiger partial charge in [-0.1, -0.05) is 44.0 Å². The molecule has 0 heterocycles. The lowest BCUT2D eigenvalue weighted by atomic mass is 10.0. The van der Waals surface area contributed by atoms with Gasteiger partial charge in [-0.2, -0.15) is 0 Å². The fourth-order valence-electron chi connectivity index (χ4n) is 1.88. The van der Waals surface area contributed by atoms with E-state index in [1.807, 2.05) is 7.05 Å². The molecular weight excluding hydrogens is 194 g/mol. The van der Waals surface area contributed by atoms with Crippen LogP contribution in [0, 0.1) is 0 Å². The second-order valence-electron chi connectivity index (χ2n) is 4.67. The maximum absolute atomic E-state index is 3.27. The van der Waals surface area contributed by atoms with Crippen LogP contribution in [-0.2, 0) is 12.8 Å². The third kappa shape index (κ3) is 4.80. The number of nitrogens with one attached hydrogen (secondary N) is 1. The molecule has 1 atom stereocenters. The van der Waals surface area contributed by atoms with E-state index in [4.69, 9.17) is 0 Å². The van der Waals surface area contributed by atoms with Gasteiger partial charge in [-0.05, 0) is 44.4 Å². The van der Waals surface area contributed by atoms with Crippen molar-refractivity contribution in [2.75, 3.05) is 7.05 Å². The Balaban J connectivity index is 2.41. The molecule has 0 amide bonds. The molecule has 1 nitrogen and oxygen atoms in total. The summed E-state index contributed by atoms with van der Waals surface area (Å²) in [6, 6.07) is 9.68. The molecule has 1 heteroatoms. The number of likely N-dealkylation sites (N-methyl/N-ethyl adjacent to an activating group) is 1. The molecule has 1 aromatic rings. The minimum atomic E-state index is 0.561. The number of hydrogen-bond acceptors (Lipinski definition) is 1. The first-order valence-electron chi connectivity index (χ1n) is 6.51. The van der Waals surface area contributed by atoms with E-state index >= 15 is 0 Å². The van der Waals surface area contributed by atoms with Crippen LogP contribution in [0.15, 0.2) is 24.3 Å². The Bertz CT molecular complexity index is 276. The van der Waals surface area contributed by atoms with E-state index in [2.05, 4.69) is 43.4 Å². The van der Waals surface area contributed by atoms with Gasteiger partial charge in [0.1, 0.15) is 0 Å². The molecule has 0 bridgehead atoms. The minimum Gasteiger partial charge on any atom is -0.317 e. The van der Waals surface area contributed by atoms with E-state index in [0.29, 0.717) is 6.04 Å². The molecule has 1 aromatic carbocycles. The first kappa shape index (κ1) is 13.2. The van der Waals surface area contributed by atoms with Crippen LogP contribution in [0.3, 0.4) is 0 Å². The molecule has 0 aromatic heterocycles. The summed E-state index contributed by atoms with van der Waals surface area (Å²) >= 11 is 0. The van der Waals surface area contributed by atoms with Gasteiger partial charge in [0, 0.05) is 6.04 Å². The van der Waals surface area contributed by atoms with Crippen LogP contribution in [0.1, 0.15) is 44.2 Å². The molecule has 0 aliphatic heterocycles. The van der Waals surface area contributed by atoms with Crippen molar-refractivity contribution in [1.29, 1.82) is 0 Å². The van der Waals surface area contributed by atoms with E-state index in [1.165, 1.54) is 36.8 Å². The predicted molar refractivity (Wildman–Crippen MR) is 71.9 cm³/mol. The van der Waals surface area contributed by atoms with E-state index < -0.39 is 0 Å². The van der Waals surface area contributed by atoms with Crippen LogP contribution in [0.5, 0.6) is 0 Å². The fourth-order valence-corrected chi connectivity index (χ4v) is 1.88. The Morgan fingerprint density at radius 1 is 1.06 bits per heavy atom. The molecule has 0 fully saturated rings. The van der Waals surface area contributed by atoms with Gasteiger partial charge in [-0.25, -0.2) is 0 Å². The molecule has 90 valence electrons. The lowest BCUT2D eigenvalue weighted by Gasteiger charge is -2.10. The normalized spacial score (nSPS) is 12.7. The van der Waals surface area contributed by atoms with Crippen molar-refractivity contribution >= 4 is 0 Å². The van der Waals surface area contributed by atoms with Gasteiger partial charge in [-0.15, -0.1) is 0 Å². The largest absolute Gasteiger partial charge is 0.317 e. The summed E-state index contributed by atoms with van der Waals surface area (Å²) in [5.74, 6) is 0. The Labute approximate surface area is 100 Å². The average molecular weight is 219 g/mol. The standard InChI is InChI=1S/C15H25N/c1-4-5-6-7-14-8-10-15(11-9-14)12-13(2)16-3/h8-11,13,16H,4-7,12H2,1-3H3/t13-/m1/s1. The van der Waals surface area contributed by atoms with Crippen molar-refractivity contribution in [2.24, 2.45) is 0 Å². The van der Waals surface area contributed by atoms with Gasteiger partial charge in [0.15, 0.2) is 0 Å². The quantitative estimate of drug-likeness (QED) is 0.691. The van der Waals surface area contributed by atoms with Crippen molar-refractivity contribution in [3.05, 3.63) is 35.4 Å². The second kappa shape index (κ2) is 7.45. The van der Waals surface area contributed by atoms with Crippen molar-refractivity contribution in [3.63, 3.8) is 0 Å². The monoisotopic (exact) mass is 219 g/mol. The van der Waals surface area contributed by atoms with Crippen LogP contribution >= 0.6 is 0 Å². The molecule has 0 aliphatic rings. The van der Waals surface area contributed by atoms with Crippen molar-refractivity contribution in [3.8, 4) is 0 Å². The van der Waals surface area contributed by atoms with Gasteiger partial charge < -0.3 is 5.32 Å². The Kier molecular flexibility index (Phi) is 6.17. The van der Waals surface area contributed by atoms with Gasteiger partial charge in [0.2, 0.25) is 0 Å². The van der Waals surface area contributed by atoms with Gasteiger partial charge in [0.25, 0.3) is 0 Å². The highest BCUT2D eigenvalue weighted by Crippen LogP contribution is 2.10. The van der Waals surface area contributed by atoms with E-state index in [-0.39, 0.29) is 0 Å². The molecule has 0 saturated carbocycles. The summed E-state index contributed by atoms with van der Waals surface area (Å²) < 4.78 is 0. The first-order valence-corrected chi connectivity index (χ1v) is 6.51. The highest BCUT2D eigenvalue weighted by molar-refractivity contribution is 5.23. The molecule has 16 heavy (non-hydrogen) atoms. The molecule has 0 unspecified atom stereocenters. The molecule has 1 rings (SSSR count). The van der Waals surface area contributed by atoms with Crippen LogP contribution in [0.2, 0.25) is 0 Å². The van der Waals surface area contributed by atoms with Crippen LogP contribution in [0.25, 0.3) is 0 Å². The molecule has 0 aliphatic carbocycles. The smallest absolute Gasteiger partial charge is 0.00761 e. The summed E-state index contributed by atoms with van der Waals surface area (Å²) in [6.07, 6.45) is 6.32. The van der Waals surface area contributed by atoms with Crippen LogP contribution in [0.4, 0.5) is 0 Å². The maximum atomic E-state index is 3.27. The van der Waals surface area contributed by atoms with E-state index in [1.54, 1.807) is 0 Å². The average Bonchev–Trinajstić information content (AvgIpc) is 2.31. The van der Waals surface area contributed by atoms with E-state index in [9.17, 15) is 0 Å². The predicted octanol–water partition coefficient (Wildman–Crippen LogP) is 3.57. The third-order valence-corrected chi connectivity index (χ3v) is 3.13. The number of unbranched alkanes of at least 4 members (excludes halogenated alkanes) is 2. The summed E-state index contributed by atoms with van der Waals surface area (Å²) in [6.45, 7) is 4.47. The Morgan fingerprint density at radius 3 is 2.25 bits per heavy atom. The lowest BCUT2D eigenvalue weighted by molar-refractivity contribution is 0.608. The molecule has 0 radical (unpaired) electrons. The number of aryl methyl sites for hydroxylation is 1. The number of hydrogen-bond donors (Lipinski definition) is 1. The SMILES string of the molecule is CCCCCc1ccc(C[C@@H](C)NC)cc1. The number of benzene rings is 1. The van der Waals surface area contributed by atoms with Crippen molar-refractivity contribution in [2.45, 2.75) is 52.0 Å². The Hall–Kier alpha value is -0.820. The van der Waals surface area contributed by atoms with Gasteiger partial charge >= 0.3 is 0 Å². The summed E-state index contributed by atoms with van der Waals surface area (Å²) in [7, 11) is 2.02. The lowest BCUT2D eigenvalue weighted by Crippen LogP contribution is -2.23. The summed E-state index contributed by atoms with van der Waals surface area (Å²) in [5.41, 5.74) is 2.91. The minimum absolute atomic E-state index is 0.561. The van der Waals surface area contributed by atoms with Gasteiger partial charge in [0.05, 0.1) is 0 Å². The highest BCUT2D eigenvalue weighted by Gasteiger charge is 2.00. The van der Waals surface area contributed by atoms with Crippen LogP contribution in [-0.4, -0.2) is 13.1 Å². The van der Waals surface area contributed by atoms with Crippen LogP contribution < -0.4 is 5.32 Å². The fraction of sp³-hybridized carbons (Fsp3) is 0.600. The number of rotatable bonds is 7. The zero-order valence-corrected chi connectivity index (χ0v) is 10.9. The van der Waals surface area contributed by atoms with E-state index in [0.717, 1.165) is 6.42 Å². The molecule has 1 N–H and O–H groups in total. The van der Waals surface area contributed by atoms with Crippen molar-refractivity contribution in [1.82, 2.24) is 5.32 Å². The molecule has 0 spiro atoms. The summed E-state index contributed by atoms with van der Waals surface area (Å²) in [5, 5.41) is 3.27. The maximum Gasteiger partial charge on any atom is 0.00761 e. The van der Waals surface area contributed by atoms with Crippen molar-refractivity contribution < 1.29 is 0 Å². The summed E-state index contributed by atoms with van der Waals surface area (Å²) in [4.78, 5) is 0. The van der Waals surface area contributed by atoms with Gasteiger partial charge in [-0.3, -0.25) is 0 Å². The zero-order chi connectivity index (χ0) is 11.8. The zero-order valence-electron chi connectivity index (χ0n) is 10.9. The molecular formula is C15H25N. The molecule has 0 saturated heterocycles. The first-order chi connectivity index (χ1) is 7.76.